The standard InChI is InChI=1S/C12H10Cl2O3/c13-7-1-2-9(10(14)5-7)12-4-3-8(17-12)6-16-11(12)15/h1-2,5,8H,3-4,6H2. The Labute approximate surface area is 109 Å². The molecule has 2 bridgehead atoms. The third-order valence-corrected chi connectivity index (χ3v) is 3.83. The van der Waals surface area contributed by atoms with Gasteiger partial charge in [0.25, 0.3) is 0 Å². The van der Waals surface area contributed by atoms with Gasteiger partial charge in [0.2, 0.25) is 0 Å². The van der Waals surface area contributed by atoms with Gasteiger partial charge in [0.1, 0.15) is 6.61 Å². The summed E-state index contributed by atoms with van der Waals surface area (Å²) in [4.78, 5) is 12.0. The largest absolute Gasteiger partial charge is 0.461 e. The molecule has 2 aliphatic heterocycles. The van der Waals surface area contributed by atoms with Crippen molar-refractivity contribution in [2.75, 3.05) is 6.61 Å². The summed E-state index contributed by atoms with van der Waals surface area (Å²) >= 11 is 12.0. The number of benzene rings is 1. The summed E-state index contributed by atoms with van der Waals surface area (Å²) in [6.07, 6.45) is 1.40. The fraction of sp³-hybridized carbons (Fsp3) is 0.417. The van der Waals surface area contributed by atoms with Gasteiger partial charge in [0.15, 0.2) is 5.60 Å². The van der Waals surface area contributed by atoms with Gasteiger partial charge < -0.3 is 9.47 Å². The second kappa shape index (κ2) is 3.87. The topological polar surface area (TPSA) is 35.5 Å². The van der Waals surface area contributed by atoms with Gasteiger partial charge in [-0.2, -0.15) is 0 Å². The second-order valence-electron chi connectivity index (χ2n) is 4.33. The fourth-order valence-electron chi connectivity index (χ4n) is 2.44. The summed E-state index contributed by atoms with van der Waals surface area (Å²) < 4.78 is 11.0. The van der Waals surface area contributed by atoms with Crippen molar-refractivity contribution in [1.82, 2.24) is 0 Å². The lowest BCUT2D eigenvalue weighted by molar-refractivity contribution is -0.194. The molecule has 0 spiro atoms. The summed E-state index contributed by atoms with van der Waals surface area (Å²) in [5.41, 5.74) is -0.374. The number of cyclic esters (lactones) is 1. The second-order valence-corrected chi connectivity index (χ2v) is 5.17. The summed E-state index contributed by atoms with van der Waals surface area (Å²) in [7, 11) is 0. The lowest BCUT2D eigenvalue weighted by Crippen LogP contribution is -2.43. The Hall–Kier alpha value is -0.770. The van der Waals surface area contributed by atoms with Crippen LogP contribution in [0.2, 0.25) is 10.0 Å². The molecular formula is C12H10Cl2O3. The highest BCUT2D eigenvalue weighted by atomic mass is 35.5. The number of hydrogen-bond donors (Lipinski definition) is 0. The third-order valence-electron chi connectivity index (χ3n) is 3.28. The van der Waals surface area contributed by atoms with Crippen LogP contribution in [0.4, 0.5) is 0 Å². The predicted molar refractivity (Wildman–Crippen MR) is 63.2 cm³/mol. The lowest BCUT2D eigenvalue weighted by Gasteiger charge is -2.32. The van der Waals surface area contributed by atoms with E-state index in [4.69, 9.17) is 32.7 Å². The quantitative estimate of drug-likeness (QED) is 0.738. The zero-order valence-corrected chi connectivity index (χ0v) is 10.4. The summed E-state index contributed by atoms with van der Waals surface area (Å²) in [6, 6.07) is 5.06. The van der Waals surface area contributed by atoms with E-state index < -0.39 is 5.60 Å². The zero-order chi connectivity index (χ0) is 12.0. The van der Waals surface area contributed by atoms with Crippen molar-refractivity contribution >= 4 is 29.2 Å². The first-order chi connectivity index (χ1) is 8.12. The van der Waals surface area contributed by atoms with Crippen LogP contribution in [-0.4, -0.2) is 18.7 Å². The van der Waals surface area contributed by atoms with Crippen LogP contribution in [0.15, 0.2) is 18.2 Å². The Balaban J connectivity index is 2.10. The van der Waals surface area contributed by atoms with Crippen molar-refractivity contribution in [3.8, 4) is 0 Å². The van der Waals surface area contributed by atoms with Crippen LogP contribution >= 0.6 is 23.2 Å². The third kappa shape index (κ3) is 1.65. The fourth-order valence-corrected chi connectivity index (χ4v) is 3.01. The Morgan fingerprint density at radius 3 is 2.94 bits per heavy atom. The number of carbonyl (C=O) groups excluding carboxylic acids is 1. The Morgan fingerprint density at radius 2 is 2.18 bits per heavy atom. The molecule has 0 radical (unpaired) electrons. The molecule has 2 saturated heterocycles. The number of halogens is 2. The first kappa shape index (κ1) is 11.3. The summed E-state index contributed by atoms with van der Waals surface area (Å²) in [6.45, 7) is 0.339. The molecular weight excluding hydrogens is 263 g/mol. The monoisotopic (exact) mass is 272 g/mol. The lowest BCUT2D eigenvalue weighted by atomic mass is 9.91. The van der Waals surface area contributed by atoms with Crippen LogP contribution in [0.5, 0.6) is 0 Å². The smallest absolute Gasteiger partial charge is 0.343 e. The van der Waals surface area contributed by atoms with Crippen LogP contribution in [0.3, 0.4) is 0 Å². The Morgan fingerprint density at radius 1 is 1.35 bits per heavy atom. The molecule has 2 fully saturated rings. The SMILES string of the molecule is O=C1OCC2CCC1(c1ccc(Cl)cc1Cl)O2. The number of ether oxygens (including phenoxy) is 2. The molecule has 3 nitrogen and oxygen atoms in total. The average Bonchev–Trinajstić information content (AvgIpc) is 2.65. The van der Waals surface area contributed by atoms with Crippen LogP contribution in [0.25, 0.3) is 0 Å². The van der Waals surface area contributed by atoms with Crippen LogP contribution in [0.1, 0.15) is 18.4 Å². The Kier molecular flexibility index (Phi) is 2.58. The highest BCUT2D eigenvalue weighted by Crippen LogP contribution is 2.46. The first-order valence-electron chi connectivity index (χ1n) is 5.42. The minimum absolute atomic E-state index is 0.0144. The molecule has 0 aliphatic carbocycles. The summed E-state index contributed by atoms with van der Waals surface area (Å²) in [5.74, 6) is -0.351. The zero-order valence-electron chi connectivity index (χ0n) is 8.91. The highest BCUT2D eigenvalue weighted by Gasteiger charge is 2.53. The molecule has 1 aromatic carbocycles. The number of esters is 1. The maximum Gasteiger partial charge on any atom is 0.343 e. The van der Waals surface area contributed by atoms with E-state index in [2.05, 4.69) is 0 Å². The van der Waals surface area contributed by atoms with Gasteiger partial charge in [-0.15, -0.1) is 0 Å². The van der Waals surface area contributed by atoms with E-state index in [1.54, 1.807) is 18.2 Å². The normalized spacial score (nSPS) is 31.4. The van der Waals surface area contributed by atoms with E-state index in [0.29, 0.717) is 28.6 Å². The Bertz CT molecular complexity index is 489. The molecule has 90 valence electrons. The minimum Gasteiger partial charge on any atom is -0.461 e. The number of hydrogen-bond acceptors (Lipinski definition) is 3. The first-order valence-corrected chi connectivity index (χ1v) is 6.18. The number of rotatable bonds is 1. The van der Waals surface area contributed by atoms with Crippen LogP contribution in [-0.2, 0) is 19.9 Å². The van der Waals surface area contributed by atoms with Gasteiger partial charge in [-0.1, -0.05) is 29.3 Å². The van der Waals surface area contributed by atoms with E-state index >= 15 is 0 Å². The van der Waals surface area contributed by atoms with Gasteiger partial charge in [-0.3, -0.25) is 0 Å². The average molecular weight is 273 g/mol. The molecule has 5 heteroatoms. The molecule has 0 saturated carbocycles. The summed E-state index contributed by atoms with van der Waals surface area (Å²) in [5, 5.41) is 0.978. The van der Waals surface area contributed by atoms with Crippen molar-refractivity contribution < 1.29 is 14.3 Å². The molecule has 3 rings (SSSR count). The van der Waals surface area contributed by atoms with Crippen molar-refractivity contribution in [1.29, 1.82) is 0 Å². The molecule has 2 aliphatic rings. The van der Waals surface area contributed by atoms with Gasteiger partial charge in [-0.25, -0.2) is 4.79 Å². The maximum atomic E-state index is 12.0. The highest BCUT2D eigenvalue weighted by molar-refractivity contribution is 6.35. The van der Waals surface area contributed by atoms with Gasteiger partial charge in [0, 0.05) is 15.6 Å². The van der Waals surface area contributed by atoms with Crippen LogP contribution < -0.4 is 0 Å². The molecule has 0 N–H and O–H groups in total. The molecule has 2 unspecified atom stereocenters. The van der Waals surface area contributed by atoms with E-state index in [9.17, 15) is 4.79 Å². The van der Waals surface area contributed by atoms with Crippen LogP contribution in [0, 0.1) is 0 Å². The van der Waals surface area contributed by atoms with Gasteiger partial charge >= 0.3 is 5.97 Å². The van der Waals surface area contributed by atoms with Crippen molar-refractivity contribution in [2.24, 2.45) is 0 Å². The molecule has 2 atom stereocenters. The maximum absolute atomic E-state index is 12.0. The van der Waals surface area contributed by atoms with E-state index in [0.717, 1.165) is 6.42 Å². The minimum atomic E-state index is -1.02. The number of fused-ring (bicyclic) bond motifs is 2. The molecule has 0 aromatic heterocycles. The molecule has 1 aromatic rings. The van der Waals surface area contributed by atoms with E-state index in [1.807, 2.05) is 0 Å². The predicted octanol–water partition coefficient (Wildman–Crippen LogP) is 2.92. The van der Waals surface area contributed by atoms with Gasteiger partial charge in [0.05, 0.1) is 6.10 Å². The van der Waals surface area contributed by atoms with E-state index in [-0.39, 0.29) is 12.1 Å². The molecule has 17 heavy (non-hydrogen) atoms. The van der Waals surface area contributed by atoms with Crippen molar-refractivity contribution in [3.63, 3.8) is 0 Å². The van der Waals surface area contributed by atoms with E-state index in [1.165, 1.54) is 0 Å². The van der Waals surface area contributed by atoms with Crippen molar-refractivity contribution in [3.05, 3.63) is 33.8 Å². The van der Waals surface area contributed by atoms with Gasteiger partial charge in [-0.05, 0) is 25.0 Å². The number of carbonyl (C=O) groups is 1. The van der Waals surface area contributed by atoms with Crippen molar-refractivity contribution in [2.45, 2.75) is 24.5 Å². The molecule has 0 amide bonds. The molecule has 2 heterocycles.